The second-order valence-corrected chi connectivity index (χ2v) is 17.2. The summed E-state index contributed by atoms with van der Waals surface area (Å²) in [6.07, 6.45) is 6.07. The average molecular weight is 817 g/mol. The van der Waals surface area contributed by atoms with Crippen LogP contribution in [0.4, 0.5) is 11.5 Å². The minimum Gasteiger partial charge on any atom is -0.504 e. The number of nitrogens with zero attached hydrogens (tertiary/aromatic N) is 4. The van der Waals surface area contributed by atoms with Crippen LogP contribution in [0, 0.1) is 41.9 Å². The minimum absolute atomic E-state index is 0.0316. The molecule has 294 valence electrons. The number of aromatic nitrogens is 2. The van der Waals surface area contributed by atoms with Gasteiger partial charge in [0.05, 0.1) is 40.8 Å². The summed E-state index contributed by atoms with van der Waals surface area (Å²) in [7, 11) is 1.36. The van der Waals surface area contributed by atoms with E-state index in [-0.39, 0.29) is 35.5 Å². The molecule has 9 rings (SSSR count). The molecule has 0 unspecified atom stereocenters. The number of phenolic OH excluding ortho intramolecular Hbond substituents is 1. The quantitative estimate of drug-likeness (QED) is 0.107. The molecule has 15 heteroatoms. The zero-order valence-electron chi connectivity index (χ0n) is 31.9. The van der Waals surface area contributed by atoms with Crippen molar-refractivity contribution >= 4 is 86.8 Å². The van der Waals surface area contributed by atoms with E-state index in [1.54, 1.807) is 53.4 Å². The number of methoxy groups -OCH3 is 1. The molecule has 2 aliphatic carbocycles. The number of hydrogen-bond donors (Lipinski definition) is 3. The maximum Gasteiger partial charge on any atom is 0.488 e. The van der Waals surface area contributed by atoms with E-state index >= 15 is 4.79 Å². The molecular weight excluding hydrogens is 779 g/mol. The van der Waals surface area contributed by atoms with Gasteiger partial charge in [-0.25, -0.2) is 4.90 Å². The van der Waals surface area contributed by atoms with Gasteiger partial charge in [-0.1, -0.05) is 53.6 Å². The van der Waals surface area contributed by atoms with Crippen LogP contribution in [0.2, 0.25) is 5.02 Å². The molecular formula is C43H38BClN4O8S. The number of anilines is 2. The summed E-state index contributed by atoms with van der Waals surface area (Å²) >= 11 is 7.87. The highest BCUT2D eigenvalue weighted by Gasteiger charge is 2.67. The van der Waals surface area contributed by atoms with Crippen LogP contribution in [0.3, 0.4) is 0 Å². The predicted molar refractivity (Wildman–Crippen MR) is 222 cm³/mol. The molecule has 6 atom stereocenters. The van der Waals surface area contributed by atoms with Gasteiger partial charge in [0, 0.05) is 28.8 Å². The number of aryl methyl sites for hydroxylation is 2. The van der Waals surface area contributed by atoms with Crippen molar-refractivity contribution in [1.29, 1.82) is 0 Å². The van der Waals surface area contributed by atoms with E-state index in [9.17, 15) is 29.5 Å². The molecule has 4 heterocycles. The van der Waals surface area contributed by atoms with Crippen LogP contribution in [0.5, 0.6) is 11.5 Å². The fourth-order valence-electron chi connectivity index (χ4n) is 9.74. The fourth-order valence-corrected chi connectivity index (χ4v) is 11.1. The number of rotatable bonds is 7. The Kier molecular flexibility index (Phi) is 9.04. The summed E-state index contributed by atoms with van der Waals surface area (Å²) in [4.78, 5) is 61.8. The van der Waals surface area contributed by atoms with Gasteiger partial charge in [0.25, 0.3) is 0 Å². The molecule has 5 aromatic rings. The molecule has 3 fully saturated rings. The Bertz CT molecular complexity index is 2670. The van der Waals surface area contributed by atoms with Gasteiger partial charge < -0.3 is 19.9 Å². The van der Waals surface area contributed by atoms with Crippen LogP contribution in [-0.4, -0.2) is 62.8 Å². The number of hydrogen-bond acceptors (Lipinski definition) is 10. The number of halogens is 1. The van der Waals surface area contributed by atoms with Crippen LogP contribution in [0.1, 0.15) is 30.9 Å². The lowest BCUT2D eigenvalue weighted by Gasteiger charge is -2.47. The number of allylic oxidation sites excluding steroid dienone is 3. The van der Waals surface area contributed by atoms with Crippen LogP contribution < -0.4 is 20.0 Å². The van der Waals surface area contributed by atoms with E-state index in [4.69, 9.17) is 21.4 Å². The van der Waals surface area contributed by atoms with Crippen molar-refractivity contribution in [3.05, 3.63) is 101 Å². The molecule has 1 saturated carbocycles. The van der Waals surface area contributed by atoms with E-state index in [1.807, 2.05) is 50.3 Å². The average Bonchev–Trinajstić information content (AvgIpc) is 3.88. The number of benzene rings is 3. The Morgan fingerprint density at radius 3 is 2.53 bits per heavy atom. The summed E-state index contributed by atoms with van der Waals surface area (Å²) in [5, 5.41) is 36.3. The Morgan fingerprint density at radius 1 is 0.983 bits per heavy atom. The van der Waals surface area contributed by atoms with E-state index in [0.29, 0.717) is 22.1 Å². The monoisotopic (exact) mass is 816 g/mol. The maximum absolute atomic E-state index is 15.1. The van der Waals surface area contributed by atoms with Gasteiger partial charge in [0.15, 0.2) is 11.5 Å². The number of amides is 4. The molecule has 4 amide bonds. The van der Waals surface area contributed by atoms with Crippen molar-refractivity contribution in [2.75, 3.05) is 16.9 Å². The molecule has 0 bridgehead atoms. The first-order chi connectivity index (χ1) is 27.7. The van der Waals surface area contributed by atoms with Gasteiger partial charge in [-0.05, 0) is 97.0 Å². The fraction of sp³-hybridized carbons (Fsp3) is 0.279. The summed E-state index contributed by atoms with van der Waals surface area (Å²) < 4.78 is 7.92. The number of phenols is 1. The zero-order chi connectivity index (χ0) is 40.9. The van der Waals surface area contributed by atoms with Gasteiger partial charge in [-0.15, -0.1) is 11.3 Å². The number of ether oxygens (including phenoxy) is 1. The lowest BCUT2D eigenvalue weighted by atomic mass is 9.52. The Hall–Kier alpha value is -5.54. The molecule has 2 saturated heterocycles. The molecule has 58 heavy (non-hydrogen) atoms. The number of carbonyl (C=O) groups is 4. The van der Waals surface area contributed by atoms with E-state index in [0.717, 1.165) is 31.0 Å². The summed E-state index contributed by atoms with van der Waals surface area (Å²) in [6.45, 7) is 3.80. The van der Waals surface area contributed by atoms with Crippen LogP contribution in [0.15, 0.2) is 84.5 Å². The SMILES string of the molecule is COc1cc(C=C[C@H]2C3=CC[C@@H]4C(=O)N(c5cccc(B(O)O)c5)C(=O)[C@@H]4[C@@H]3C[C@H]3C(=O)N(c4cc(-c5sc6ccc(Cl)cc6c5C)nn4C)C(=O)[C@@]23C)ccc1O. The Morgan fingerprint density at radius 2 is 1.78 bits per heavy atom. The van der Waals surface area contributed by atoms with Crippen molar-refractivity contribution < 1.29 is 39.1 Å². The van der Waals surface area contributed by atoms with Gasteiger partial charge in [-0.3, -0.25) is 28.8 Å². The van der Waals surface area contributed by atoms with Gasteiger partial charge in [0.2, 0.25) is 23.6 Å². The molecule has 2 aromatic heterocycles. The second kappa shape index (κ2) is 13.8. The number of thiophene rings is 1. The number of carbonyl (C=O) groups excluding carboxylic acids is 4. The largest absolute Gasteiger partial charge is 0.504 e. The van der Waals surface area contributed by atoms with Crippen molar-refractivity contribution in [2.45, 2.75) is 26.7 Å². The number of aromatic hydroxyl groups is 1. The van der Waals surface area contributed by atoms with Crippen molar-refractivity contribution in [2.24, 2.45) is 42.1 Å². The molecule has 3 aromatic carbocycles. The van der Waals surface area contributed by atoms with Crippen molar-refractivity contribution in [3.63, 3.8) is 0 Å². The Labute approximate surface area is 342 Å². The first-order valence-corrected chi connectivity index (χ1v) is 20.1. The zero-order valence-corrected chi connectivity index (χ0v) is 33.5. The van der Waals surface area contributed by atoms with Crippen molar-refractivity contribution in [1.82, 2.24) is 9.78 Å². The highest BCUT2D eigenvalue weighted by molar-refractivity contribution is 7.22. The highest BCUT2D eigenvalue weighted by Crippen LogP contribution is 2.61. The summed E-state index contributed by atoms with van der Waals surface area (Å²) in [6, 6.07) is 18.4. The van der Waals surface area contributed by atoms with Crippen molar-refractivity contribution in [3.8, 4) is 22.1 Å². The normalized spacial score (nSPS) is 25.4. The minimum atomic E-state index is -1.79. The second-order valence-electron chi connectivity index (χ2n) is 15.7. The van der Waals surface area contributed by atoms with Crippen LogP contribution >= 0.6 is 22.9 Å². The lowest BCUT2D eigenvalue weighted by Crippen LogP contribution is -2.49. The molecule has 0 spiro atoms. The summed E-state index contributed by atoms with van der Waals surface area (Å²) in [5.41, 5.74) is 2.16. The number of fused-ring (bicyclic) bond motifs is 5. The Balaban J connectivity index is 1.13. The predicted octanol–water partition coefficient (Wildman–Crippen LogP) is 5.64. The van der Waals surface area contributed by atoms with E-state index in [2.05, 4.69) is 0 Å². The molecule has 4 aliphatic rings. The third-order valence-corrected chi connectivity index (χ3v) is 14.2. The first-order valence-electron chi connectivity index (χ1n) is 18.9. The molecule has 2 aliphatic heterocycles. The van der Waals surface area contributed by atoms with Gasteiger partial charge in [0.1, 0.15) is 11.5 Å². The maximum atomic E-state index is 15.1. The van der Waals surface area contributed by atoms with Crippen LogP contribution in [0.25, 0.3) is 26.7 Å². The number of imide groups is 2. The lowest BCUT2D eigenvalue weighted by molar-refractivity contribution is -0.132. The van der Waals surface area contributed by atoms with Gasteiger partial charge >= 0.3 is 7.12 Å². The molecule has 3 N–H and O–H groups in total. The standard InChI is InChI=1S/C43H38BClN4O8S/c1-21-28-18-24(45)10-15-35(28)58-38(21)32-20-36(47(3)46-32)49-40(52)31-19-29-26(30(43(31,2)42(49)54)13-8-22-9-14-33(50)34(16-22)57-4)11-12-27-37(29)41(53)48(39(27)51)25-7-5-6-23(17-25)44(55)56/h5-11,13-18,20,27,29-31,37,50,55-56H,12,19H2,1-4H3/t27-,29+,30-,31-,37-,43-/m0/s1. The first kappa shape index (κ1) is 38.0. The third kappa shape index (κ3) is 5.60. The summed E-state index contributed by atoms with van der Waals surface area (Å²) in [5.74, 6) is -4.68. The molecule has 12 nitrogen and oxygen atoms in total. The van der Waals surface area contributed by atoms with E-state index < -0.39 is 65.8 Å². The topological polar surface area (TPSA) is 162 Å². The third-order valence-electron chi connectivity index (χ3n) is 12.7. The smallest absolute Gasteiger partial charge is 0.488 e. The molecule has 0 radical (unpaired) electrons. The van der Waals surface area contributed by atoms with Crippen LogP contribution in [-0.2, 0) is 26.2 Å². The highest BCUT2D eigenvalue weighted by atomic mass is 35.5. The van der Waals surface area contributed by atoms with Gasteiger partial charge in [-0.2, -0.15) is 5.10 Å². The van der Waals surface area contributed by atoms with E-state index in [1.165, 1.54) is 30.2 Å².